The van der Waals surface area contributed by atoms with Crippen LogP contribution in [-0.2, 0) is 10.2 Å². The Hall–Kier alpha value is -1.71. The molecule has 0 atom stereocenters. The van der Waals surface area contributed by atoms with E-state index in [2.05, 4.69) is 0 Å². The third-order valence-electron chi connectivity index (χ3n) is 3.09. The van der Waals surface area contributed by atoms with Gasteiger partial charge in [0.05, 0.1) is 19.6 Å². The van der Waals surface area contributed by atoms with E-state index in [1.165, 1.54) is 0 Å². The molecule has 0 amide bonds. The molecule has 4 heteroatoms. The first kappa shape index (κ1) is 12.7. The lowest BCUT2D eigenvalue weighted by atomic mass is 9.81. The Morgan fingerprint density at radius 2 is 2.06 bits per heavy atom. The lowest BCUT2D eigenvalue weighted by Gasteiger charge is -2.26. The first-order valence-corrected chi connectivity index (χ1v) is 6.11. The summed E-state index contributed by atoms with van der Waals surface area (Å²) >= 11 is 0. The third kappa shape index (κ3) is 2.58. The third-order valence-corrected chi connectivity index (χ3v) is 3.09. The van der Waals surface area contributed by atoms with Crippen LogP contribution < -0.4 is 9.47 Å². The van der Waals surface area contributed by atoms with Gasteiger partial charge in [-0.15, -0.1) is 0 Å². The number of ether oxygens (including phenoxy) is 2. The molecular formula is C14H18O4. The molecule has 1 N–H and O–H groups in total. The Morgan fingerprint density at radius 1 is 1.33 bits per heavy atom. The number of carbonyl (C=O) groups is 1. The Morgan fingerprint density at radius 3 is 2.78 bits per heavy atom. The molecular weight excluding hydrogens is 232 g/mol. The number of aliphatic carboxylic acids is 1. The molecule has 18 heavy (non-hydrogen) atoms. The maximum atomic E-state index is 11.0. The van der Waals surface area contributed by atoms with Crippen LogP contribution in [0.5, 0.6) is 11.5 Å². The van der Waals surface area contributed by atoms with E-state index in [0.717, 1.165) is 12.0 Å². The largest absolute Gasteiger partial charge is 0.490 e. The summed E-state index contributed by atoms with van der Waals surface area (Å²) in [5.41, 5.74) is 0.412. The van der Waals surface area contributed by atoms with E-state index in [9.17, 15) is 4.79 Å². The second-order valence-electron chi connectivity index (χ2n) is 5.14. The number of carboxylic acids is 1. The van der Waals surface area contributed by atoms with Gasteiger partial charge in [0.15, 0.2) is 11.5 Å². The van der Waals surface area contributed by atoms with E-state index in [4.69, 9.17) is 14.6 Å². The minimum Gasteiger partial charge on any atom is -0.490 e. The van der Waals surface area contributed by atoms with Gasteiger partial charge in [-0.25, -0.2) is 0 Å². The summed E-state index contributed by atoms with van der Waals surface area (Å²) in [6, 6.07) is 5.66. The maximum Gasteiger partial charge on any atom is 0.304 e. The van der Waals surface area contributed by atoms with Crippen molar-refractivity contribution < 1.29 is 19.4 Å². The number of carboxylic acid groups (broad SMARTS) is 1. The van der Waals surface area contributed by atoms with Crippen molar-refractivity contribution in [1.82, 2.24) is 0 Å². The standard InChI is InChI=1S/C14H18O4/c1-14(2,9-12(15)16)10-5-3-6-11-13(10)18-8-4-7-17-11/h3,5-6H,4,7-9H2,1-2H3,(H,15,16). The highest BCUT2D eigenvalue weighted by Crippen LogP contribution is 2.41. The second-order valence-corrected chi connectivity index (χ2v) is 5.14. The van der Waals surface area contributed by atoms with Crippen molar-refractivity contribution in [3.8, 4) is 11.5 Å². The van der Waals surface area contributed by atoms with Gasteiger partial charge in [-0.3, -0.25) is 4.79 Å². The highest BCUT2D eigenvalue weighted by atomic mass is 16.5. The molecule has 0 saturated carbocycles. The zero-order valence-corrected chi connectivity index (χ0v) is 10.7. The Labute approximate surface area is 107 Å². The van der Waals surface area contributed by atoms with E-state index >= 15 is 0 Å². The number of rotatable bonds is 3. The van der Waals surface area contributed by atoms with E-state index in [1.807, 2.05) is 32.0 Å². The summed E-state index contributed by atoms with van der Waals surface area (Å²) < 4.78 is 11.3. The molecule has 0 aromatic heterocycles. The second kappa shape index (κ2) is 4.88. The van der Waals surface area contributed by atoms with E-state index in [-0.39, 0.29) is 6.42 Å². The molecule has 1 aliphatic rings. The van der Waals surface area contributed by atoms with Gasteiger partial charge in [0, 0.05) is 17.4 Å². The monoisotopic (exact) mass is 250 g/mol. The Balaban J connectivity index is 2.41. The van der Waals surface area contributed by atoms with E-state index in [1.54, 1.807) is 0 Å². The van der Waals surface area contributed by atoms with Crippen LogP contribution in [0.3, 0.4) is 0 Å². The Bertz CT molecular complexity index is 451. The van der Waals surface area contributed by atoms with Crippen LogP contribution in [0.1, 0.15) is 32.3 Å². The summed E-state index contributed by atoms with van der Waals surface area (Å²) in [6.07, 6.45) is 0.903. The lowest BCUT2D eigenvalue weighted by Crippen LogP contribution is -2.22. The number of fused-ring (bicyclic) bond motifs is 1. The van der Waals surface area contributed by atoms with Crippen LogP contribution in [0.2, 0.25) is 0 Å². The highest BCUT2D eigenvalue weighted by molar-refractivity contribution is 5.69. The average molecular weight is 250 g/mol. The summed E-state index contributed by atoms with van der Waals surface area (Å²) in [5, 5.41) is 9.00. The van der Waals surface area contributed by atoms with Gasteiger partial charge in [0.1, 0.15) is 0 Å². The van der Waals surface area contributed by atoms with Crippen molar-refractivity contribution >= 4 is 5.97 Å². The van der Waals surface area contributed by atoms with Crippen molar-refractivity contribution in [3.05, 3.63) is 23.8 Å². The zero-order valence-electron chi connectivity index (χ0n) is 10.7. The molecule has 98 valence electrons. The molecule has 1 heterocycles. The number of hydrogen-bond acceptors (Lipinski definition) is 3. The molecule has 0 aliphatic carbocycles. The van der Waals surface area contributed by atoms with Crippen LogP contribution in [0.25, 0.3) is 0 Å². The SMILES string of the molecule is CC(C)(CC(=O)O)c1cccc2c1OCCCO2. The minimum atomic E-state index is -0.813. The molecule has 0 spiro atoms. The molecule has 2 rings (SSSR count). The molecule has 0 saturated heterocycles. The van der Waals surface area contributed by atoms with Crippen LogP contribution in [0, 0.1) is 0 Å². The topological polar surface area (TPSA) is 55.8 Å². The first-order valence-electron chi connectivity index (χ1n) is 6.11. The number of hydrogen-bond donors (Lipinski definition) is 1. The predicted molar refractivity (Wildman–Crippen MR) is 67.3 cm³/mol. The van der Waals surface area contributed by atoms with Gasteiger partial charge < -0.3 is 14.6 Å². The normalized spacial score (nSPS) is 15.0. The quantitative estimate of drug-likeness (QED) is 0.895. The Kier molecular flexibility index (Phi) is 3.45. The molecule has 1 aromatic carbocycles. The smallest absolute Gasteiger partial charge is 0.304 e. The van der Waals surface area contributed by atoms with Gasteiger partial charge in [0.25, 0.3) is 0 Å². The summed E-state index contributed by atoms with van der Waals surface area (Å²) in [6.45, 7) is 5.05. The van der Waals surface area contributed by atoms with E-state index < -0.39 is 11.4 Å². The van der Waals surface area contributed by atoms with Crippen LogP contribution in [0.4, 0.5) is 0 Å². The summed E-state index contributed by atoms with van der Waals surface area (Å²) in [5.74, 6) is 0.594. The van der Waals surface area contributed by atoms with Crippen molar-refractivity contribution in [2.45, 2.75) is 32.1 Å². The lowest BCUT2D eigenvalue weighted by molar-refractivity contribution is -0.138. The molecule has 0 unspecified atom stereocenters. The van der Waals surface area contributed by atoms with Crippen molar-refractivity contribution in [2.75, 3.05) is 13.2 Å². The number of benzene rings is 1. The fourth-order valence-corrected chi connectivity index (χ4v) is 2.20. The van der Waals surface area contributed by atoms with Crippen molar-refractivity contribution in [2.24, 2.45) is 0 Å². The summed E-state index contributed by atoms with van der Waals surface area (Å²) in [4.78, 5) is 11.0. The molecule has 1 aromatic rings. The molecule has 0 radical (unpaired) electrons. The first-order chi connectivity index (χ1) is 8.50. The molecule has 4 nitrogen and oxygen atoms in total. The fourth-order valence-electron chi connectivity index (χ4n) is 2.20. The molecule has 1 aliphatic heterocycles. The summed E-state index contributed by atoms with van der Waals surface area (Å²) in [7, 11) is 0. The van der Waals surface area contributed by atoms with E-state index in [0.29, 0.717) is 24.7 Å². The molecule has 0 bridgehead atoms. The minimum absolute atomic E-state index is 0.0623. The maximum absolute atomic E-state index is 11.0. The average Bonchev–Trinajstić information content (AvgIpc) is 2.51. The van der Waals surface area contributed by atoms with Crippen LogP contribution in [-0.4, -0.2) is 24.3 Å². The fraction of sp³-hybridized carbons (Fsp3) is 0.500. The zero-order chi connectivity index (χ0) is 13.2. The van der Waals surface area contributed by atoms with Gasteiger partial charge in [-0.1, -0.05) is 26.0 Å². The van der Waals surface area contributed by atoms with Gasteiger partial charge in [-0.2, -0.15) is 0 Å². The van der Waals surface area contributed by atoms with Crippen molar-refractivity contribution in [1.29, 1.82) is 0 Å². The van der Waals surface area contributed by atoms with Gasteiger partial charge in [-0.05, 0) is 6.07 Å². The highest BCUT2D eigenvalue weighted by Gasteiger charge is 2.29. The van der Waals surface area contributed by atoms with Gasteiger partial charge in [0.2, 0.25) is 0 Å². The van der Waals surface area contributed by atoms with Crippen LogP contribution >= 0.6 is 0 Å². The predicted octanol–water partition coefficient (Wildman–Crippen LogP) is 2.60. The number of para-hydroxylation sites is 1. The van der Waals surface area contributed by atoms with Gasteiger partial charge >= 0.3 is 5.97 Å². The van der Waals surface area contributed by atoms with Crippen LogP contribution in [0.15, 0.2) is 18.2 Å². The molecule has 0 fully saturated rings. The van der Waals surface area contributed by atoms with Crippen molar-refractivity contribution in [3.63, 3.8) is 0 Å².